The zero-order chi connectivity index (χ0) is 21.7. The van der Waals surface area contributed by atoms with Crippen molar-refractivity contribution in [2.75, 3.05) is 0 Å². The second-order valence-electron chi connectivity index (χ2n) is 7.07. The number of ether oxygens (including phenoxy) is 1. The summed E-state index contributed by atoms with van der Waals surface area (Å²) in [7, 11) is 0. The van der Waals surface area contributed by atoms with E-state index in [1.807, 2.05) is 24.3 Å². The van der Waals surface area contributed by atoms with Crippen molar-refractivity contribution < 1.29 is 18.8 Å². The lowest BCUT2D eigenvalue weighted by Gasteiger charge is -2.13. The van der Waals surface area contributed by atoms with Crippen molar-refractivity contribution in [3.8, 4) is 11.4 Å². The van der Waals surface area contributed by atoms with Crippen LogP contribution < -0.4 is 5.32 Å². The summed E-state index contributed by atoms with van der Waals surface area (Å²) in [5.74, 6) is -0.0848. The molecule has 7 nitrogen and oxygen atoms in total. The Morgan fingerprint density at radius 3 is 2.47 bits per heavy atom. The molecule has 1 aromatic heterocycles. The zero-order valence-electron chi connectivity index (χ0n) is 16.9. The number of aromatic nitrogens is 2. The second kappa shape index (κ2) is 9.54. The highest BCUT2D eigenvalue weighted by Crippen LogP contribution is 2.20. The Bertz CT molecular complexity index is 1030. The van der Waals surface area contributed by atoms with Gasteiger partial charge < -0.3 is 14.6 Å². The third kappa shape index (κ3) is 5.24. The Morgan fingerprint density at radius 1 is 1.10 bits per heavy atom. The molecule has 0 spiro atoms. The highest BCUT2D eigenvalue weighted by molar-refractivity contribution is 6.33. The average Bonchev–Trinajstić information content (AvgIpc) is 3.21. The first-order valence-electron chi connectivity index (χ1n) is 9.50. The van der Waals surface area contributed by atoms with Crippen LogP contribution >= 0.6 is 11.6 Å². The second-order valence-corrected chi connectivity index (χ2v) is 7.48. The van der Waals surface area contributed by atoms with E-state index in [9.17, 15) is 9.59 Å². The minimum Gasteiger partial charge on any atom is -0.454 e. The Kier molecular flexibility index (Phi) is 6.84. The summed E-state index contributed by atoms with van der Waals surface area (Å²) < 4.78 is 10.3. The molecule has 0 radical (unpaired) electrons. The lowest BCUT2D eigenvalue weighted by atomic mass is 10.0. The maximum absolute atomic E-state index is 12.2. The summed E-state index contributed by atoms with van der Waals surface area (Å²) in [6, 6.07) is 13.6. The summed E-state index contributed by atoms with van der Waals surface area (Å²) >= 11 is 6.00. The molecule has 0 aliphatic heterocycles. The summed E-state index contributed by atoms with van der Waals surface area (Å²) in [5.41, 5.74) is 2.30. The molecule has 156 valence electrons. The first-order chi connectivity index (χ1) is 14.3. The lowest BCUT2D eigenvalue weighted by molar-refractivity contribution is -0.147. The standard InChI is InChI=1S/C22H22ClN3O4/c1-13(2)15-8-10-16(11-9-15)20-25-19(30-26-20)12-29-22(28)14(3)24-21(27)17-6-4-5-7-18(17)23/h4-11,13-14H,12H2,1-3H3,(H,24,27)/t14-/m0/s1. The molecule has 1 amide bonds. The average molecular weight is 428 g/mol. The fraction of sp³-hybridized carbons (Fsp3) is 0.273. The molecule has 3 rings (SSSR count). The topological polar surface area (TPSA) is 94.3 Å². The number of benzene rings is 2. The Balaban J connectivity index is 1.54. The van der Waals surface area contributed by atoms with Gasteiger partial charge in [0.25, 0.3) is 11.8 Å². The van der Waals surface area contributed by atoms with Gasteiger partial charge >= 0.3 is 5.97 Å². The molecule has 1 N–H and O–H groups in total. The van der Waals surface area contributed by atoms with E-state index in [0.717, 1.165) is 5.56 Å². The van der Waals surface area contributed by atoms with E-state index < -0.39 is 17.9 Å². The number of carbonyl (C=O) groups excluding carboxylic acids is 2. The quantitative estimate of drug-likeness (QED) is 0.562. The van der Waals surface area contributed by atoms with Crippen molar-refractivity contribution >= 4 is 23.5 Å². The van der Waals surface area contributed by atoms with Gasteiger partial charge in [-0.25, -0.2) is 4.79 Å². The van der Waals surface area contributed by atoms with E-state index in [-0.39, 0.29) is 18.1 Å². The molecular weight excluding hydrogens is 406 g/mol. The number of hydrogen-bond donors (Lipinski definition) is 1. The summed E-state index contributed by atoms with van der Waals surface area (Å²) in [4.78, 5) is 28.7. The Morgan fingerprint density at radius 2 is 1.80 bits per heavy atom. The molecule has 0 bridgehead atoms. The van der Waals surface area contributed by atoms with Crippen molar-refractivity contribution in [3.05, 3.63) is 70.6 Å². The predicted molar refractivity (Wildman–Crippen MR) is 112 cm³/mol. The first-order valence-corrected chi connectivity index (χ1v) is 9.88. The summed E-state index contributed by atoms with van der Waals surface area (Å²) in [5, 5.41) is 6.77. The van der Waals surface area contributed by atoms with E-state index >= 15 is 0 Å². The van der Waals surface area contributed by atoms with Crippen LogP contribution in [0, 0.1) is 0 Å². The van der Waals surface area contributed by atoms with Crippen molar-refractivity contribution in [2.45, 2.75) is 39.3 Å². The number of rotatable bonds is 7. The van der Waals surface area contributed by atoms with Crippen molar-refractivity contribution in [1.82, 2.24) is 15.5 Å². The van der Waals surface area contributed by atoms with E-state index in [1.54, 1.807) is 24.3 Å². The molecule has 0 unspecified atom stereocenters. The van der Waals surface area contributed by atoms with Crippen LogP contribution in [0.15, 0.2) is 53.1 Å². The fourth-order valence-electron chi connectivity index (χ4n) is 2.68. The largest absolute Gasteiger partial charge is 0.454 e. The van der Waals surface area contributed by atoms with E-state index in [4.69, 9.17) is 20.9 Å². The molecule has 2 aromatic carbocycles. The van der Waals surface area contributed by atoms with Crippen LogP contribution in [0.4, 0.5) is 0 Å². The number of carbonyl (C=O) groups is 2. The van der Waals surface area contributed by atoms with Gasteiger partial charge in [-0.15, -0.1) is 0 Å². The molecule has 3 aromatic rings. The van der Waals surface area contributed by atoms with Crippen LogP contribution in [0.25, 0.3) is 11.4 Å². The highest BCUT2D eigenvalue weighted by atomic mass is 35.5. The van der Waals surface area contributed by atoms with Gasteiger partial charge in [0.2, 0.25) is 5.82 Å². The summed E-state index contributed by atoms with van der Waals surface area (Å²) in [6.45, 7) is 5.57. The van der Waals surface area contributed by atoms with E-state index in [0.29, 0.717) is 16.8 Å². The number of halogens is 1. The fourth-order valence-corrected chi connectivity index (χ4v) is 2.91. The number of nitrogens with one attached hydrogen (secondary N) is 1. The van der Waals surface area contributed by atoms with Crippen LogP contribution in [-0.4, -0.2) is 28.1 Å². The van der Waals surface area contributed by atoms with Crippen LogP contribution in [0.3, 0.4) is 0 Å². The predicted octanol–water partition coefficient (Wildman–Crippen LogP) is 4.38. The third-order valence-electron chi connectivity index (χ3n) is 4.46. The number of esters is 1. The molecule has 0 saturated carbocycles. The van der Waals surface area contributed by atoms with Gasteiger partial charge in [-0.1, -0.05) is 67.0 Å². The van der Waals surface area contributed by atoms with Crippen LogP contribution in [0.2, 0.25) is 5.02 Å². The van der Waals surface area contributed by atoms with E-state index in [1.165, 1.54) is 12.5 Å². The van der Waals surface area contributed by atoms with Crippen LogP contribution in [0.1, 0.15) is 48.5 Å². The van der Waals surface area contributed by atoms with Gasteiger partial charge in [-0.3, -0.25) is 4.79 Å². The van der Waals surface area contributed by atoms with Gasteiger partial charge in [0.1, 0.15) is 6.04 Å². The normalized spacial score (nSPS) is 11.9. The van der Waals surface area contributed by atoms with Gasteiger partial charge in [0.15, 0.2) is 6.61 Å². The minimum atomic E-state index is -0.875. The molecule has 0 saturated heterocycles. The molecule has 30 heavy (non-hydrogen) atoms. The van der Waals surface area contributed by atoms with E-state index in [2.05, 4.69) is 29.3 Å². The molecule has 0 fully saturated rings. The molecule has 8 heteroatoms. The zero-order valence-corrected chi connectivity index (χ0v) is 17.6. The Labute approximate surface area is 179 Å². The smallest absolute Gasteiger partial charge is 0.328 e. The van der Waals surface area contributed by atoms with Gasteiger partial charge in [-0.2, -0.15) is 4.98 Å². The van der Waals surface area contributed by atoms with Crippen molar-refractivity contribution in [3.63, 3.8) is 0 Å². The number of hydrogen-bond acceptors (Lipinski definition) is 6. The van der Waals surface area contributed by atoms with Crippen LogP contribution in [-0.2, 0) is 16.1 Å². The first kappa shape index (κ1) is 21.5. The third-order valence-corrected chi connectivity index (χ3v) is 4.79. The SMILES string of the molecule is CC(C)c1ccc(-c2noc(COC(=O)[C@H](C)NC(=O)c3ccccc3Cl)n2)cc1. The minimum absolute atomic E-state index is 0.163. The highest BCUT2D eigenvalue weighted by Gasteiger charge is 2.20. The molecule has 1 atom stereocenters. The number of nitrogens with zero attached hydrogens (tertiary/aromatic N) is 2. The maximum atomic E-state index is 12.2. The van der Waals surface area contributed by atoms with Gasteiger partial charge in [0.05, 0.1) is 10.6 Å². The van der Waals surface area contributed by atoms with Gasteiger partial charge in [-0.05, 0) is 30.5 Å². The molecular formula is C22H22ClN3O4. The summed E-state index contributed by atoms with van der Waals surface area (Å²) in [6.07, 6.45) is 0. The molecule has 0 aliphatic carbocycles. The number of amides is 1. The lowest BCUT2D eigenvalue weighted by Crippen LogP contribution is -2.39. The maximum Gasteiger partial charge on any atom is 0.328 e. The van der Waals surface area contributed by atoms with Crippen molar-refractivity contribution in [2.24, 2.45) is 0 Å². The molecule has 1 heterocycles. The Hall–Kier alpha value is -3.19. The van der Waals surface area contributed by atoms with Crippen LogP contribution in [0.5, 0.6) is 0 Å². The molecule has 0 aliphatic rings. The monoisotopic (exact) mass is 427 g/mol. The van der Waals surface area contributed by atoms with Crippen molar-refractivity contribution in [1.29, 1.82) is 0 Å². The van der Waals surface area contributed by atoms with Gasteiger partial charge in [0, 0.05) is 5.56 Å².